The molecule has 0 saturated heterocycles. The Morgan fingerprint density at radius 1 is 1.50 bits per heavy atom. The number of hydrogen-bond acceptors (Lipinski definition) is 2. The number of aryl methyl sites for hydroxylation is 1. The van der Waals surface area contributed by atoms with Crippen LogP contribution in [0, 0.1) is 6.92 Å². The van der Waals surface area contributed by atoms with Gasteiger partial charge in [0.1, 0.15) is 0 Å². The summed E-state index contributed by atoms with van der Waals surface area (Å²) in [7, 11) is 0. The first-order valence-corrected chi connectivity index (χ1v) is 5.84. The lowest BCUT2D eigenvalue weighted by Crippen LogP contribution is -1.95. The van der Waals surface area contributed by atoms with E-state index in [1.807, 2.05) is 10.6 Å². The first kappa shape index (κ1) is 9.86. The van der Waals surface area contributed by atoms with Crippen LogP contribution in [-0.4, -0.2) is 14.4 Å². The smallest absolute Gasteiger partial charge is 0.212 e. The van der Waals surface area contributed by atoms with Crippen molar-refractivity contribution in [2.75, 3.05) is 0 Å². The van der Waals surface area contributed by atoms with Crippen LogP contribution in [0.5, 0.6) is 0 Å². The van der Waals surface area contributed by atoms with E-state index in [2.05, 4.69) is 45.0 Å². The Hall–Kier alpha value is -1.33. The molecule has 0 spiro atoms. The fourth-order valence-electron chi connectivity index (χ4n) is 1.98. The minimum atomic E-state index is 0.498. The second kappa shape index (κ2) is 3.33. The van der Waals surface area contributed by atoms with Gasteiger partial charge in [-0.25, -0.2) is 4.98 Å². The van der Waals surface area contributed by atoms with Gasteiger partial charge in [-0.1, -0.05) is 15.9 Å². The molecule has 2 heterocycles. The third-order valence-corrected chi connectivity index (χ3v) is 3.19. The summed E-state index contributed by atoms with van der Waals surface area (Å²) in [5, 5.41) is 0. The highest BCUT2D eigenvalue weighted by Crippen LogP contribution is 2.24. The molecule has 3 N–H and O–H groups in total. The quantitative estimate of drug-likeness (QED) is 0.718. The molecule has 0 aliphatic rings. The molecule has 0 unspecified atom stereocenters. The molecule has 3 aromatic rings. The van der Waals surface area contributed by atoms with E-state index in [1.54, 1.807) is 0 Å². The lowest BCUT2D eigenvalue weighted by Gasteiger charge is -1.97. The average Bonchev–Trinajstić information content (AvgIpc) is 2.76. The highest BCUT2D eigenvalue weighted by atomic mass is 79.9. The Balaban J connectivity index is 2.45. The minimum Gasteiger partial charge on any atom is -0.326 e. The maximum Gasteiger partial charge on any atom is 0.212 e. The number of nitrogens with two attached hydrogens (primary N) is 1. The lowest BCUT2D eigenvalue weighted by molar-refractivity contribution is 1.01. The van der Waals surface area contributed by atoms with E-state index in [0.717, 1.165) is 32.5 Å². The second-order valence-electron chi connectivity index (χ2n) is 3.88. The molecule has 0 aliphatic carbocycles. The van der Waals surface area contributed by atoms with Crippen molar-refractivity contribution < 1.29 is 0 Å². The summed E-state index contributed by atoms with van der Waals surface area (Å²) in [6, 6.07) is 4.13. The molecule has 0 aliphatic heterocycles. The monoisotopic (exact) mass is 278 g/mol. The molecular weight excluding hydrogens is 268 g/mol. The maximum absolute atomic E-state index is 5.60. The number of rotatable bonds is 1. The summed E-state index contributed by atoms with van der Waals surface area (Å²) in [6.07, 6.45) is 2.00. The number of benzene rings is 1. The number of halogens is 1. The van der Waals surface area contributed by atoms with Gasteiger partial charge in [0.05, 0.1) is 11.0 Å². The second-order valence-corrected chi connectivity index (χ2v) is 4.79. The summed E-state index contributed by atoms with van der Waals surface area (Å²) in [5.74, 6) is 0.844. The molecule has 3 rings (SSSR count). The number of nitrogens with zero attached hydrogens (tertiary/aromatic N) is 2. The van der Waals surface area contributed by atoms with E-state index in [9.17, 15) is 0 Å². The fraction of sp³-hybridized carbons (Fsp3) is 0.182. The predicted octanol–water partition coefficient (Wildman–Crippen LogP) is 2.35. The van der Waals surface area contributed by atoms with Crippen molar-refractivity contribution in [3.8, 4) is 0 Å². The van der Waals surface area contributed by atoms with Crippen molar-refractivity contribution >= 4 is 32.7 Å². The van der Waals surface area contributed by atoms with Gasteiger partial charge < -0.3 is 10.7 Å². The van der Waals surface area contributed by atoms with Crippen LogP contribution in [0.25, 0.3) is 16.8 Å². The molecule has 5 heteroatoms. The Labute approximate surface area is 101 Å². The predicted molar refractivity (Wildman–Crippen MR) is 67.4 cm³/mol. The first-order chi connectivity index (χ1) is 7.69. The molecular formula is C11H11BrN4. The van der Waals surface area contributed by atoms with E-state index in [1.165, 1.54) is 0 Å². The lowest BCUT2D eigenvalue weighted by atomic mass is 10.2. The third kappa shape index (κ3) is 1.28. The van der Waals surface area contributed by atoms with E-state index < -0.39 is 0 Å². The van der Waals surface area contributed by atoms with E-state index in [0.29, 0.717) is 6.54 Å². The zero-order valence-corrected chi connectivity index (χ0v) is 10.4. The Morgan fingerprint density at radius 3 is 3.06 bits per heavy atom. The van der Waals surface area contributed by atoms with Crippen molar-refractivity contribution in [2.45, 2.75) is 13.5 Å². The number of hydrogen-bond donors (Lipinski definition) is 2. The first-order valence-electron chi connectivity index (χ1n) is 5.05. The van der Waals surface area contributed by atoms with E-state index in [-0.39, 0.29) is 0 Å². The van der Waals surface area contributed by atoms with Gasteiger partial charge in [0.2, 0.25) is 5.78 Å². The van der Waals surface area contributed by atoms with Crippen LogP contribution in [0.2, 0.25) is 0 Å². The molecule has 16 heavy (non-hydrogen) atoms. The van der Waals surface area contributed by atoms with Gasteiger partial charge in [-0.05, 0) is 24.6 Å². The van der Waals surface area contributed by atoms with Gasteiger partial charge in [-0.2, -0.15) is 0 Å². The summed E-state index contributed by atoms with van der Waals surface area (Å²) in [4.78, 5) is 7.75. The molecule has 0 atom stereocenters. The number of imidazole rings is 2. The Morgan fingerprint density at radius 2 is 2.31 bits per heavy atom. The van der Waals surface area contributed by atoms with E-state index >= 15 is 0 Å². The highest BCUT2D eigenvalue weighted by molar-refractivity contribution is 9.10. The number of H-pyrrole nitrogens is 1. The van der Waals surface area contributed by atoms with Gasteiger partial charge in [0.25, 0.3) is 0 Å². The van der Waals surface area contributed by atoms with Crippen LogP contribution in [0.3, 0.4) is 0 Å². The molecule has 1 aromatic carbocycles. The normalized spacial score (nSPS) is 11.7. The van der Waals surface area contributed by atoms with Crippen LogP contribution in [-0.2, 0) is 6.54 Å². The molecule has 0 radical (unpaired) electrons. The van der Waals surface area contributed by atoms with Gasteiger partial charge in [-0.3, -0.25) is 4.40 Å². The average molecular weight is 279 g/mol. The number of aromatic nitrogens is 3. The SMILES string of the molecule is Cc1cc(Br)cc2c1nc1[nH]c(CN)cn12. The van der Waals surface area contributed by atoms with Crippen LogP contribution >= 0.6 is 15.9 Å². The summed E-state index contributed by atoms with van der Waals surface area (Å²) < 4.78 is 3.10. The van der Waals surface area contributed by atoms with Gasteiger partial charge in [-0.15, -0.1) is 0 Å². The van der Waals surface area contributed by atoms with Crippen LogP contribution in [0.15, 0.2) is 22.8 Å². The van der Waals surface area contributed by atoms with Crippen LogP contribution in [0.4, 0.5) is 0 Å². The Kier molecular flexibility index (Phi) is 2.05. The highest BCUT2D eigenvalue weighted by Gasteiger charge is 2.09. The van der Waals surface area contributed by atoms with Crippen molar-refractivity contribution in [1.82, 2.24) is 14.4 Å². The summed E-state index contributed by atoms with van der Waals surface area (Å²) >= 11 is 3.50. The number of nitrogens with one attached hydrogen (secondary N) is 1. The molecule has 4 nitrogen and oxygen atoms in total. The third-order valence-electron chi connectivity index (χ3n) is 2.73. The van der Waals surface area contributed by atoms with Crippen molar-refractivity contribution in [3.63, 3.8) is 0 Å². The summed E-state index contributed by atoms with van der Waals surface area (Å²) in [6.45, 7) is 2.56. The Bertz CT molecular complexity index is 680. The van der Waals surface area contributed by atoms with Crippen molar-refractivity contribution in [3.05, 3.63) is 34.1 Å². The summed E-state index contributed by atoms with van der Waals surface area (Å²) in [5.41, 5.74) is 9.87. The zero-order valence-electron chi connectivity index (χ0n) is 8.79. The number of aromatic amines is 1. The zero-order chi connectivity index (χ0) is 11.3. The van der Waals surface area contributed by atoms with Crippen molar-refractivity contribution in [2.24, 2.45) is 5.73 Å². The van der Waals surface area contributed by atoms with Gasteiger partial charge in [0.15, 0.2) is 0 Å². The van der Waals surface area contributed by atoms with Gasteiger partial charge >= 0.3 is 0 Å². The fourth-order valence-corrected chi connectivity index (χ4v) is 2.54. The molecule has 0 fully saturated rings. The maximum atomic E-state index is 5.60. The van der Waals surface area contributed by atoms with Gasteiger partial charge in [0, 0.05) is 22.9 Å². The molecule has 2 aromatic heterocycles. The molecule has 0 bridgehead atoms. The molecule has 0 saturated carbocycles. The molecule has 82 valence electrons. The number of fused-ring (bicyclic) bond motifs is 3. The van der Waals surface area contributed by atoms with Crippen LogP contribution in [0.1, 0.15) is 11.3 Å². The van der Waals surface area contributed by atoms with E-state index in [4.69, 9.17) is 5.73 Å². The van der Waals surface area contributed by atoms with Crippen molar-refractivity contribution in [1.29, 1.82) is 0 Å². The standard InChI is InChI=1S/C11H11BrN4/c1-6-2-7(12)3-9-10(6)15-11-14-8(4-13)5-16(9)11/h2-3,5H,4,13H2,1H3,(H,14,15). The topological polar surface area (TPSA) is 59.1 Å². The van der Waals surface area contributed by atoms with Crippen LogP contribution < -0.4 is 5.73 Å². The molecule has 0 amide bonds. The largest absolute Gasteiger partial charge is 0.326 e. The minimum absolute atomic E-state index is 0.498.